The molecule has 1 aromatic rings. The van der Waals surface area contributed by atoms with Crippen LogP contribution >= 0.6 is 0 Å². The van der Waals surface area contributed by atoms with Crippen LogP contribution in [0.4, 0.5) is 0 Å². The van der Waals surface area contributed by atoms with Gasteiger partial charge in [0, 0.05) is 0 Å². The Morgan fingerprint density at radius 2 is 2.22 bits per heavy atom. The first kappa shape index (κ1) is 14.0. The zero-order valence-electron chi connectivity index (χ0n) is 10.5. The van der Waals surface area contributed by atoms with Gasteiger partial charge in [0.15, 0.2) is 6.29 Å². The van der Waals surface area contributed by atoms with Crippen LogP contribution < -0.4 is 15.2 Å². The molecule has 5 heteroatoms. The number of aldehydes is 1. The van der Waals surface area contributed by atoms with E-state index in [1.165, 1.54) is 7.11 Å². The van der Waals surface area contributed by atoms with Crippen molar-refractivity contribution < 1.29 is 19.1 Å². The number of methoxy groups -OCH3 is 1. The average Bonchev–Trinajstić information content (AvgIpc) is 2.39. The lowest BCUT2D eigenvalue weighted by Crippen LogP contribution is -2.28. The Labute approximate surface area is 106 Å². The number of carbonyl (C=O) groups is 2. The standard InChI is InChI=1S/C13H17NO4/c1-3-9(13(14)16)8-18-12-5-4-11(17-2)6-10(12)7-15/h4-7,9H,3,8H2,1-2H3,(H2,14,16). The van der Waals surface area contributed by atoms with Crippen LogP contribution in [0.3, 0.4) is 0 Å². The highest BCUT2D eigenvalue weighted by atomic mass is 16.5. The molecule has 0 saturated heterocycles. The van der Waals surface area contributed by atoms with E-state index in [0.29, 0.717) is 29.8 Å². The molecular weight excluding hydrogens is 234 g/mol. The molecule has 98 valence electrons. The van der Waals surface area contributed by atoms with Crippen molar-refractivity contribution in [3.63, 3.8) is 0 Å². The maximum absolute atomic E-state index is 11.1. The minimum Gasteiger partial charge on any atom is -0.497 e. The van der Waals surface area contributed by atoms with Crippen LogP contribution in [0.1, 0.15) is 23.7 Å². The van der Waals surface area contributed by atoms with Crippen molar-refractivity contribution in [1.29, 1.82) is 0 Å². The second-order valence-electron chi connectivity index (χ2n) is 3.84. The van der Waals surface area contributed by atoms with E-state index < -0.39 is 5.91 Å². The zero-order chi connectivity index (χ0) is 13.5. The minimum atomic E-state index is -0.404. The van der Waals surface area contributed by atoms with Crippen molar-refractivity contribution in [3.05, 3.63) is 23.8 Å². The Balaban J connectivity index is 2.78. The average molecular weight is 251 g/mol. The van der Waals surface area contributed by atoms with Gasteiger partial charge in [0.2, 0.25) is 5.91 Å². The first-order chi connectivity index (χ1) is 8.62. The number of primary amides is 1. The monoisotopic (exact) mass is 251 g/mol. The molecule has 0 aliphatic rings. The Bertz CT molecular complexity index is 431. The van der Waals surface area contributed by atoms with Gasteiger partial charge in [0.1, 0.15) is 11.5 Å². The van der Waals surface area contributed by atoms with Crippen LogP contribution in [0.5, 0.6) is 11.5 Å². The number of carbonyl (C=O) groups excluding carboxylic acids is 2. The van der Waals surface area contributed by atoms with Crippen molar-refractivity contribution in [3.8, 4) is 11.5 Å². The van der Waals surface area contributed by atoms with E-state index in [1.54, 1.807) is 18.2 Å². The van der Waals surface area contributed by atoms with Crippen molar-refractivity contribution in [2.75, 3.05) is 13.7 Å². The number of nitrogens with two attached hydrogens (primary N) is 1. The molecular formula is C13H17NO4. The van der Waals surface area contributed by atoms with Crippen LogP contribution in [0.25, 0.3) is 0 Å². The smallest absolute Gasteiger partial charge is 0.223 e. The molecule has 18 heavy (non-hydrogen) atoms. The molecule has 0 aromatic heterocycles. The number of amides is 1. The molecule has 0 heterocycles. The van der Waals surface area contributed by atoms with E-state index in [-0.39, 0.29) is 12.5 Å². The van der Waals surface area contributed by atoms with Gasteiger partial charge in [0.05, 0.1) is 25.2 Å². The van der Waals surface area contributed by atoms with Gasteiger partial charge in [-0.15, -0.1) is 0 Å². The molecule has 0 aliphatic carbocycles. The molecule has 2 N–H and O–H groups in total. The van der Waals surface area contributed by atoms with Crippen molar-refractivity contribution in [2.45, 2.75) is 13.3 Å². The van der Waals surface area contributed by atoms with Gasteiger partial charge in [-0.05, 0) is 24.6 Å². The summed E-state index contributed by atoms with van der Waals surface area (Å²) in [7, 11) is 1.52. The van der Waals surface area contributed by atoms with Crippen LogP contribution in [0.15, 0.2) is 18.2 Å². The molecule has 1 amide bonds. The number of benzene rings is 1. The van der Waals surface area contributed by atoms with Gasteiger partial charge < -0.3 is 15.2 Å². The Morgan fingerprint density at radius 1 is 1.50 bits per heavy atom. The fourth-order valence-electron chi connectivity index (χ4n) is 1.47. The maximum Gasteiger partial charge on any atom is 0.223 e. The lowest BCUT2D eigenvalue weighted by molar-refractivity contribution is -0.122. The molecule has 0 saturated carbocycles. The number of ether oxygens (including phenoxy) is 2. The summed E-state index contributed by atoms with van der Waals surface area (Å²) < 4.78 is 10.5. The third kappa shape index (κ3) is 3.48. The summed E-state index contributed by atoms with van der Waals surface area (Å²) in [6.45, 7) is 2.02. The first-order valence-corrected chi connectivity index (χ1v) is 5.67. The Kier molecular flexibility index (Phi) is 5.17. The van der Waals surface area contributed by atoms with Crippen LogP contribution in [-0.2, 0) is 4.79 Å². The lowest BCUT2D eigenvalue weighted by atomic mass is 10.1. The summed E-state index contributed by atoms with van der Waals surface area (Å²) >= 11 is 0. The molecule has 0 radical (unpaired) electrons. The summed E-state index contributed by atoms with van der Waals surface area (Å²) in [5.74, 6) is 0.238. The SMILES string of the molecule is CCC(COc1ccc(OC)cc1C=O)C(N)=O. The van der Waals surface area contributed by atoms with E-state index in [1.807, 2.05) is 6.92 Å². The molecule has 0 bridgehead atoms. The summed E-state index contributed by atoms with van der Waals surface area (Å²) in [6.07, 6.45) is 1.28. The van der Waals surface area contributed by atoms with Gasteiger partial charge in [-0.3, -0.25) is 9.59 Å². The molecule has 1 unspecified atom stereocenters. The fraction of sp³-hybridized carbons (Fsp3) is 0.385. The van der Waals surface area contributed by atoms with Crippen molar-refractivity contribution in [2.24, 2.45) is 11.7 Å². The largest absolute Gasteiger partial charge is 0.497 e. The van der Waals surface area contributed by atoms with Crippen LogP contribution in [0.2, 0.25) is 0 Å². The summed E-state index contributed by atoms with van der Waals surface area (Å²) in [6, 6.07) is 4.90. The minimum absolute atomic E-state index is 0.166. The third-order valence-corrected chi connectivity index (χ3v) is 2.68. The highest BCUT2D eigenvalue weighted by Gasteiger charge is 2.14. The molecule has 5 nitrogen and oxygen atoms in total. The second kappa shape index (κ2) is 6.64. The van der Waals surface area contributed by atoms with Crippen LogP contribution in [0, 0.1) is 5.92 Å². The predicted octanol–water partition coefficient (Wildman–Crippen LogP) is 1.40. The fourth-order valence-corrected chi connectivity index (χ4v) is 1.47. The van der Waals surface area contributed by atoms with Crippen LogP contribution in [-0.4, -0.2) is 25.9 Å². The van der Waals surface area contributed by atoms with Gasteiger partial charge in [-0.2, -0.15) is 0 Å². The third-order valence-electron chi connectivity index (χ3n) is 2.68. The quantitative estimate of drug-likeness (QED) is 0.743. The highest BCUT2D eigenvalue weighted by molar-refractivity contribution is 5.80. The summed E-state index contributed by atoms with van der Waals surface area (Å²) in [5.41, 5.74) is 5.60. The zero-order valence-corrected chi connectivity index (χ0v) is 10.5. The maximum atomic E-state index is 11.1. The van der Waals surface area contributed by atoms with Crippen molar-refractivity contribution >= 4 is 12.2 Å². The van der Waals surface area contributed by atoms with E-state index in [4.69, 9.17) is 15.2 Å². The molecule has 0 fully saturated rings. The van der Waals surface area contributed by atoms with E-state index >= 15 is 0 Å². The number of hydrogen-bond donors (Lipinski definition) is 1. The van der Waals surface area contributed by atoms with E-state index in [9.17, 15) is 9.59 Å². The molecule has 0 spiro atoms. The second-order valence-corrected chi connectivity index (χ2v) is 3.84. The topological polar surface area (TPSA) is 78.6 Å². The Morgan fingerprint density at radius 3 is 2.72 bits per heavy atom. The summed E-state index contributed by atoms with van der Waals surface area (Å²) in [4.78, 5) is 22.0. The molecule has 0 aliphatic heterocycles. The van der Waals surface area contributed by atoms with Gasteiger partial charge in [0.25, 0.3) is 0 Å². The van der Waals surface area contributed by atoms with E-state index in [0.717, 1.165) is 0 Å². The molecule has 1 aromatic carbocycles. The molecule has 1 atom stereocenters. The van der Waals surface area contributed by atoms with Gasteiger partial charge in [-0.25, -0.2) is 0 Å². The molecule has 1 rings (SSSR count). The predicted molar refractivity (Wildman–Crippen MR) is 66.9 cm³/mol. The highest BCUT2D eigenvalue weighted by Crippen LogP contribution is 2.23. The first-order valence-electron chi connectivity index (χ1n) is 5.67. The van der Waals surface area contributed by atoms with Gasteiger partial charge in [-0.1, -0.05) is 6.92 Å². The normalized spacial score (nSPS) is 11.7. The van der Waals surface area contributed by atoms with Crippen molar-refractivity contribution in [1.82, 2.24) is 0 Å². The lowest BCUT2D eigenvalue weighted by Gasteiger charge is -2.14. The van der Waals surface area contributed by atoms with E-state index in [2.05, 4.69) is 0 Å². The Hall–Kier alpha value is -2.04. The number of rotatable bonds is 7. The van der Waals surface area contributed by atoms with Gasteiger partial charge >= 0.3 is 0 Å². The summed E-state index contributed by atoms with van der Waals surface area (Å²) in [5, 5.41) is 0. The number of hydrogen-bond acceptors (Lipinski definition) is 4.